The molecule has 1 aliphatic carbocycles. The number of hydrogen-bond donors (Lipinski definition) is 1. The van der Waals surface area contributed by atoms with Gasteiger partial charge in [0.15, 0.2) is 17.3 Å². The van der Waals surface area contributed by atoms with Crippen molar-refractivity contribution < 1.29 is 14.3 Å². The number of nitrogens with one attached hydrogen (secondary N) is 1. The Hall–Kier alpha value is -1.73. The van der Waals surface area contributed by atoms with E-state index < -0.39 is 0 Å². The van der Waals surface area contributed by atoms with Gasteiger partial charge in [0.2, 0.25) is 0 Å². The van der Waals surface area contributed by atoms with Gasteiger partial charge in [-0.05, 0) is 25.0 Å². The van der Waals surface area contributed by atoms with E-state index in [0.717, 1.165) is 44.6 Å². The van der Waals surface area contributed by atoms with Gasteiger partial charge in [-0.15, -0.1) is 10.2 Å². The van der Waals surface area contributed by atoms with Crippen LogP contribution < -0.4 is 10.2 Å². The largest absolute Gasteiger partial charge is 0.355 e. The third-order valence-electron chi connectivity index (χ3n) is 5.74. The minimum absolute atomic E-state index is 0.110. The molecule has 1 aromatic rings. The van der Waals surface area contributed by atoms with Crippen molar-refractivity contribution in [3.63, 3.8) is 0 Å². The van der Waals surface area contributed by atoms with Crippen molar-refractivity contribution >= 4 is 11.7 Å². The second-order valence-electron chi connectivity index (χ2n) is 7.53. The quantitative estimate of drug-likeness (QED) is 0.834. The van der Waals surface area contributed by atoms with Gasteiger partial charge in [0.1, 0.15) is 0 Å². The third kappa shape index (κ3) is 3.99. The lowest BCUT2D eigenvalue weighted by molar-refractivity contribution is -0.169. The fourth-order valence-corrected chi connectivity index (χ4v) is 4.16. The lowest BCUT2D eigenvalue weighted by Gasteiger charge is -2.37. The summed E-state index contributed by atoms with van der Waals surface area (Å²) < 4.78 is 11.5. The molecule has 4 rings (SSSR count). The standard InChI is InChI=1S/C19H28N4O3/c24-18(20-15-5-3-1-2-4-6-15)16-7-8-17(22-21-16)23-11-9-19(10-12-23)25-13-14-26-19/h7-8,15H,1-6,9-14H2,(H,20,24). The van der Waals surface area contributed by atoms with E-state index in [-0.39, 0.29) is 17.7 Å². The summed E-state index contributed by atoms with van der Waals surface area (Å²) in [6, 6.07) is 3.95. The van der Waals surface area contributed by atoms with Crippen LogP contribution in [0.25, 0.3) is 0 Å². The molecule has 0 unspecified atom stereocenters. The predicted octanol–water partition coefficient (Wildman–Crippen LogP) is 2.27. The van der Waals surface area contributed by atoms with E-state index in [2.05, 4.69) is 20.4 Å². The van der Waals surface area contributed by atoms with Gasteiger partial charge in [0, 0.05) is 32.0 Å². The SMILES string of the molecule is O=C(NC1CCCCCC1)c1ccc(N2CCC3(CC2)OCCO3)nn1. The number of nitrogens with zero attached hydrogens (tertiary/aromatic N) is 3. The van der Waals surface area contributed by atoms with Gasteiger partial charge in [-0.25, -0.2) is 0 Å². The Labute approximate surface area is 154 Å². The highest BCUT2D eigenvalue weighted by Gasteiger charge is 2.40. The summed E-state index contributed by atoms with van der Waals surface area (Å²) in [5.41, 5.74) is 0.397. The smallest absolute Gasteiger partial charge is 0.272 e. The van der Waals surface area contributed by atoms with Crippen LogP contribution in [-0.4, -0.2) is 54.2 Å². The zero-order chi connectivity index (χ0) is 17.8. The number of carbonyl (C=O) groups is 1. The fourth-order valence-electron chi connectivity index (χ4n) is 4.16. The van der Waals surface area contributed by atoms with E-state index >= 15 is 0 Å². The number of rotatable bonds is 3. The highest BCUT2D eigenvalue weighted by molar-refractivity contribution is 5.92. The van der Waals surface area contributed by atoms with Gasteiger partial charge in [-0.1, -0.05) is 25.7 Å². The number of carbonyl (C=O) groups excluding carboxylic acids is 1. The molecule has 142 valence electrons. The molecular formula is C19H28N4O3. The zero-order valence-corrected chi connectivity index (χ0v) is 15.3. The first kappa shape index (κ1) is 17.7. The first-order chi connectivity index (χ1) is 12.7. The molecule has 1 spiro atoms. The molecule has 3 aliphatic rings. The number of aromatic nitrogens is 2. The topological polar surface area (TPSA) is 76.6 Å². The minimum Gasteiger partial charge on any atom is -0.355 e. The van der Waals surface area contributed by atoms with Crippen LogP contribution in [0.3, 0.4) is 0 Å². The molecule has 0 radical (unpaired) electrons. The Bertz CT molecular complexity index is 598. The average molecular weight is 360 g/mol. The molecule has 3 fully saturated rings. The molecule has 0 atom stereocenters. The summed E-state index contributed by atoms with van der Waals surface area (Å²) in [6.07, 6.45) is 8.73. The third-order valence-corrected chi connectivity index (χ3v) is 5.74. The second-order valence-corrected chi connectivity index (χ2v) is 7.53. The van der Waals surface area contributed by atoms with E-state index in [4.69, 9.17) is 9.47 Å². The minimum atomic E-state index is -0.386. The number of amides is 1. The first-order valence-electron chi connectivity index (χ1n) is 9.92. The first-order valence-corrected chi connectivity index (χ1v) is 9.92. The Morgan fingerprint density at radius 3 is 2.35 bits per heavy atom. The van der Waals surface area contributed by atoms with Crippen LogP contribution in [0.15, 0.2) is 12.1 Å². The van der Waals surface area contributed by atoms with Gasteiger partial charge in [0.05, 0.1) is 13.2 Å². The van der Waals surface area contributed by atoms with Crippen molar-refractivity contribution in [3.05, 3.63) is 17.8 Å². The molecule has 2 aliphatic heterocycles. The van der Waals surface area contributed by atoms with E-state index in [1.54, 1.807) is 6.07 Å². The van der Waals surface area contributed by atoms with Crippen LogP contribution in [0.1, 0.15) is 61.9 Å². The Morgan fingerprint density at radius 2 is 1.73 bits per heavy atom. The fraction of sp³-hybridized carbons (Fsp3) is 0.737. The van der Waals surface area contributed by atoms with E-state index in [1.165, 1.54) is 25.7 Å². The summed E-state index contributed by atoms with van der Waals surface area (Å²) in [4.78, 5) is 14.6. The molecular weight excluding hydrogens is 332 g/mol. The molecule has 26 heavy (non-hydrogen) atoms. The highest BCUT2D eigenvalue weighted by atomic mass is 16.7. The van der Waals surface area contributed by atoms with Gasteiger partial charge >= 0.3 is 0 Å². The van der Waals surface area contributed by atoms with Crippen molar-refractivity contribution in [2.45, 2.75) is 63.2 Å². The summed E-state index contributed by atoms with van der Waals surface area (Å²) in [7, 11) is 0. The van der Waals surface area contributed by atoms with Gasteiger partial charge in [-0.2, -0.15) is 0 Å². The van der Waals surface area contributed by atoms with Crippen molar-refractivity contribution in [2.75, 3.05) is 31.2 Å². The maximum Gasteiger partial charge on any atom is 0.272 e. The molecule has 0 bridgehead atoms. The molecule has 3 heterocycles. The Balaban J connectivity index is 1.32. The monoisotopic (exact) mass is 360 g/mol. The van der Waals surface area contributed by atoms with Crippen LogP contribution in [0, 0.1) is 0 Å². The summed E-state index contributed by atoms with van der Waals surface area (Å²) in [6.45, 7) is 3.01. The molecule has 7 heteroatoms. The zero-order valence-electron chi connectivity index (χ0n) is 15.3. The van der Waals surface area contributed by atoms with Crippen molar-refractivity contribution in [1.82, 2.24) is 15.5 Å². The predicted molar refractivity (Wildman–Crippen MR) is 97.1 cm³/mol. The summed E-state index contributed by atoms with van der Waals surface area (Å²) >= 11 is 0. The Morgan fingerprint density at radius 1 is 1.04 bits per heavy atom. The number of ether oxygens (including phenoxy) is 2. The summed E-state index contributed by atoms with van der Waals surface area (Å²) in [5.74, 6) is 0.313. The Kier molecular flexibility index (Phi) is 5.36. The lowest BCUT2D eigenvalue weighted by Crippen LogP contribution is -2.45. The molecule has 1 saturated carbocycles. The van der Waals surface area contributed by atoms with Crippen LogP contribution in [0.4, 0.5) is 5.82 Å². The van der Waals surface area contributed by atoms with Gasteiger partial charge in [0.25, 0.3) is 5.91 Å². The number of anilines is 1. The van der Waals surface area contributed by atoms with Crippen LogP contribution in [-0.2, 0) is 9.47 Å². The van der Waals surface area contributed by atoms with Crippen LogP contribution in [0.5, 0.6) is 0 Å². The van der Waals surface area contributed by atoms with Crippen LogP contribution >= 0.6 is 0 Å². The molecule has 1 amide bonds. The molecule has 0 aromatic carbocycles. The van der Waals surface area contributed by atoms with Crippen molar-refractivity contribution in [3.8, 4) is 0 Å². The number of hydrogen-bond acceptors (Lipinski definition) is 6. The van der Waals surface area contributed by atoms with E-state index in [9.17, 15) is 4.79 Å². The molecule has 1 N–H and O–H groups in total. The van der Waals surface area contributed by atoms with E-state index in [0.29, 0.717) is 18.9 Å². The number of piperidine rings is 1. The summed E-state index contributed by atoms with van der Waals surface area (Å²) in [5, 5.41) is 11.6. The molecule has 1 aromatic heterocycles. The highest BCUT2D eigenvalue weighted by Crippen LogP contribution is 2.32. The lowest BCUT2D eigenvalue weighted by atomic mass is 10.0. The average Bonchev–Trinajstić information content (AvgIpc) is 2.97. The molecule has 2 saturated heterocycles. The second kappa shape index (κ2) is 7.88. The van der Waals surface area contributed by atoms with Gasteiger partial charge in [-0.3, -0.25) is 4.79 Å². The van der Waals surface area contributed by atoms with Crippen molar-refractivity contribution in [2.24, 2.45) is 0 Å². The van der Waals surface area contributed by atoms with E-state index in [1.807, 2.05) is 6.07 Å². The molecule has 7 nitrogen and oxygen atoms in total. The maximum absolute atomic E-state index is 12.4. The van der Waals surface area contributed by atoms with Crippen LogP contribution in [0.2, 0.25) is 0 Å². The normalized spacial score (nSPS) is 23.8. The van der Waals surface area contributed by atoms with Crippen molar-refractivity contribution in [1.29, 1.82) is 0 Å². The maximum atomic E-state index is 12.4. The van der Waals surface area contributed by atoms with Gasteiger partial charge < -0.3 is 19.7 Å².